The van der Waals surface area contributed by atoms with Crippen LogP contribution in [0.3, 0.4) is 0 Å². The molecule has 0 N–H and O–H groups in total. The van der Waals surface area contributed by atoms with E-state index in [1.54, 1.807) is 5.56 Å². The summed E-state index contributed by atoms with van der Waals surface area (Å²) in [7, 11) is 0. The molecule has 0 spiro atoms. The molecule has 0 aromatic heterocycles. The maximum atomic E-state index is 3.87. The van der Waals surface area contributed by atoms with Crippen molar-refractivity contribution in [1.29, 1.82) is 0 Å². The fraction of sp³-hybridized carbons (Fsp3) is 0.680. The Hall–Kier alpha value is -1.04. The molecule has 0 nitrogen and oxygen atoms in total. The second kappa shape index (κ2) is 10.8. The van der Waals surface area contributed by atoms with Crippen LogP contribution in [0.5, 0.6) is 0 Å². The average Bonchev–Trinajstić information content (AvgIpc) is 2.69. The van der Waals surface area contributed by atoms with Crippen LogP contribution >= 0.6 is 0 Å². The lowest BCUT2D eigenvalue weighted by Gasteiger charge is -2.38. The summed E-state index contributed by atoms with van der Waals surface area (Å²) in [6.45, 7) is 10.1. The molecule has 1 aromatic carbocycles. The lowest BCUT2D eigenvalue weighted by Crippen LogP contribution is -2.25. The highest BCUT2D eigenvalue weighted by Gasteiger charge is 2.30. The minimum atomic E-state index is 0.829. The van der Waals surface area contributed by atoms with Crippen LogP contribution in [0.1, 0.15) is 95.1 Å². The molecule has 1 aromatic rings. The molecule has 0 aliphatic heterocycles. The van der Waals surface area contributed by atoms with Gasteiger partial charge >= 0.3 is 0 Å². The molecule has 2 aliphatic rings. The summed E-state index contributed by atoms with van der Waals surface area (Å²) in [5.41, 5.74) is 2.97. The zero-order chi connectivity index (χ0) is 18.1. The molecule has 0 atom stereocenters. The molecule has 0 saturated heterocycles. The van der Waals surface area contributed by atoms with Gasteiger partial charge in [0.25, 0.3) is 0 Å². The van der Waals surface area contributed by atoms with Crippen molar-refractivity contribution in [2.45, 2.75) is 90.9 Å². The molecule has 2 aliphatic carbocycles. The first-order valence-corrected chi connectivity index (χ1v) is 10.9. The lowest BCUT2D eigenvalue weighted by molar-refractivity contribution is 0.157. The Morgan fingerprint density at radius 1 is 0.840 bits per heavy atom. The van der Waals surface area contributed by atoms with Crippen molar-refractivity contribution in [3.63, 3.8) is 0 Å². The summed E-state index contributed by atoms with van der Waals surface area (Å²) >= 11 is 0. The first kappa shape index (κ1) is 20.3. The fourth-order valence-corrected chi connectivity index (χ4v) is 5.06. The van der Waals surface area contributed by atoms with Crippen molar-refractivity contribution in [1.82, 2.24) is 0 Å². The minimum Gasteiger partial charge on any atom is -0.103 e. The fourth-order valence-electron chi connectivity index (χ4n) is 5.06. The van der Waals surface area contributed by atoms with E-state index >= 15 is 0 Å². The molecule has 140 valence electrons. The van der Waals surface area contributed by atoms with Crippen LogP contribution in [0.2, 0.25) is 0 Å². The van der Waals surface area contributed by atoms with Crippen molar-refractivity contribution in [3.05, 3.63) is 48.0 Å². The van der Waals surface area contributed by atoms with Gasteiger partial charge in [-0.1, -0.05) is 62.6 Å². The van der Waals surface area contributed by atoms with E-state index in [0.29, 0.717) is 0 Å². The lowest BCUT2D eigenvalue weighted by atomic mass is 9.68. The molecular formula is C25H40. The van der Waals surface area contributed by atoms with E-state index in [1.165, 1.54) is 69.8 Å². The highest BCUT2D eigenvalue weighted by atomic mass is 14.4. The van der Waals surface area contributed by atoms with Crippen LogP contribution in [-0.4, -0.2) is 0 Å². The number of benzene rings is 1. The van der Waals surface area contributed by atoms with E-state index in [9.17, 15) is 0 Å². The first-order valence-electron chi connectivity index (χ1n) is 10.9. The average molecular weight is 341 g/mol. The zero-order valence-corrected chi connectivity index (χ0v) is 17.0. The van der Waals surface area contributed by atoms with Crippen LogP contribution in [0, 0.1) is 24.7 Å². The van der Waals surface area contributed by atoms with Crippen molar-refractivity contribution in [3.8, 4) is 0 Å². The van der Waals surface area contributed by atoms with E-state index in [1.807, 2.05) is 13.8 Å². The summed E-state index contributed by atoms with van der Waals surface area (Å²) in [4.78, 5) is 0. The van der Waals surface area contributed by atoms with Crippen LogP contribution in [0.15, 0.2) is 36.9 Å². The topological polar surface area (TPSA) is 0 Å². The Morgan fingerprint density at radius 3 is 1.88 bits per heavy atom. The van der Waals surface area contributed by atoms with E-state index in [0.717, 1.165) is 23.7 Å². The third-order valence-electron chi connectivity index (χ3n) is 6.66. The monoisotopic (exact) mass is 340 g/mol. The van der Waals surface area contributed by atoms with Gasteiger partial charge in [0.05, 0.1) is 0 Å². The van der Waals surface area contributed by atoms with Gasteiger partial charge in [-0.05, 0) is 87.5 Å². The Labute approximate surface area is 157 Å². The van der Waals surface area contributed by atoms with Crippen LogP contribution in [-0.2, 0) is 0 Å². The Morgan fingerprint density at radius 2 is 1.36 bits per heavy atom. The smallest absolute Gasteiger partial charge is 0.0162 e. The highest BCUT2D eigenvalue weighted by molar-refractivity contribution is 5.24. The molecule has 2 saturated carbocycles. The molecule has 0 radical (unpaired) electrons. The van der Waals surface area contributed by atoms with Gasteiger partial charge in [0.15, 0.2) is 0 Å². The molecule has 25 heavy (non-hydrogen) atoms. The van der Waals surface area contributed by atoms with Crippen LogP contribution in [0.25, 0.3) is 0 Å². The van der Waals surface area contributed by atoms with Crippen molar-refractivity contribution < 1.29 is 0 Å². The standard InChI is InChI=1S/C23H34.C2H6/c1-3-4-5-19-8-12-21(13-9-19)23-16-14-22(15-17-23)20-10-6-18(2)7-11-20;1-2/h3,6-7,10-11,19,21-23H,1,4-5,8-9,12-17H2,2H3;1-2H3. The van der Waals surface area contributed by atoms with Crippen molar-refractivity contribution >= 4 is 0 Å². The van der Waals surface area contributed by atoms with Crippen LogP contribution < -0.4 is 0 Å². The van der Waals surface area contributed by atoms with Crippen molar-refractivity contribution in [2.75, 3.05) is 0 Å². The summed E-state index contributed by atoms with van der Waals surface area (Å²) in [6, 6.07) is 9.30. The Balaban J connectivity index is 0.00000109. The third-order valence-corrected chi connectivity index (χ3v) is 6.66. The van der Waals surface area contributed by atoms with E-state index in [4.69, 9.17) is 0 Å². The third kappa shape index (κ3) is 6.01. The van der Waals surface area contributed by atoms with E-state index in [2.05, 4.69) is 43.8 Å². The maximum absolute atomic E-state index is 3.87. The second-order valence-electron chi connectivity index (χ2n) is 8.17. The molecule has 2 fully saturated rings. The van der Waals surface area contributed by atoms with E-state index in [-0.39, 0.29) is 0 Å². The second-order valence-corrected chi connectivity index (χ2v) is 8.17. The SMILES string of the molecule is C=CCCC1CCC(C2CCC(c3ccc(C)cc3)CC2)CC1.CC. The Bertz CT molecular complexity index is 467. The van der Waals surface area contributed by atoms with Gasteiger partial charge in [-0.3, -0.25) is 0 Å². The normalized spacial score (nSPS) is 29.4. The summed E-state index contributed by atoms with van der Waals surface area (Å²) in [5.74, 6) is 3.88. The predicted molar refractivity (Wildman–Crippen MR) is 112 cm³/mol. The quantitative estimate of drug-likeness (QED) is 0.475. The number of aryl methyl sites for hydroxylation is 1. The molecule has 0 unspecified atom stereocenters. The molecule has 0 bridgehead atoms. The van der Waals surface area contributed by atoms with Gasteiger partial charge in [-0.25, -0.2) is 0 Å². The molecule has 0 heteroatoms. The van der Waals surface area contributed by atoms with Crippen LogP contribution in [0.4, 0.5) is 0 Å². The minimum absolute atomic E-state index is 0.829. The number of hydrogen-bond donors (Lipinski definition) is 0. The molecule has 0 heterocycles. The van der Waals surface area contributed by atoms with Gasteiger partial charge in [-0.15, -0.1) is 6.58 Å². The van der Waals surface area contributed by atoms with Gasteiger partial charge in [0.2, 0.25) is 0 Å². The first-order chi connectivity index (χ1) is 12.3. The molecule has 3 rings (SSSR count). The largest absolute Gasteiger partial charge is 0.103 e. The highest BCUT2D eigenvalue weighted by Crippen LogP contribution is 2.44. The Kier molecular flexibility index (Phi) is 8.79. The van der Waals surface area contributed by atoms with Gasteiger partial charge < -0.3 is 0 Å². The van der Waals surface area contributed by atoms with Crippen molar-refractivity contribution in [2.24, 2.45) is 17.8 Å². The van der Waals surface area contributed by atoms with E-state index < -0.39 is 0 Å². The molecular weight excluding hydrogens is 300 g/mol. The molecule has 0 amide bonds. The maximum Gasteiger partial charge on any atom is -0.0162 e. The predicted octanol–water partition coefficient (Wildman–Crippen LogP) is 8.07. The summed E-state index contributed by atoms with van der Waals surface area (Å²) < 4.78 is 0. The number of hydrogen-bond acceptors (Lipinski definition) is 0. The van der Waals surface area contributed by atoms with Gasteiger partial charge in [0.1, 0.15) is 0 Å². The number of allylic oxidation sites excluding steroid dienone is 1. The summed E-state index contributed by atoms with van der Waals surface area (Å²) in [6.07, 6.45) is 16.5. The van der Waals surface area contributed by atoms with Gasteiger partial charge in [0, 0.05) is 0 Å². The van der Waals surface area contributed by atoms with Gasteiger partial charge in [-0.2, -0.15) is 0 Å². The zero-order valence-electron chi connectivity index (χ0n) is 17.0. The summed E-state index contributed by atoms with van der Waals surface area (Å²) in [5, 5.41) is 0. The number of rotatable bonds is 5.